The van der Waals surface area contributed by atoms with Gasteiger partial charge in [0.25, 0.3) is 5.91 Å². The number of hydrogen-bond acceptors (Lipinski definition) is 3. The monoisotopic (exact) mass is 323 g/mol. The molecule has 1 aromatic rings. The van der Waals surface area contributed by atoms with Gasteiger partial charge in [-0.15, -0.1) is 0 Å². The zero-order valence-electron chi connectivity index (χ0n) is 10.8. The van der Waals surface area contributed by atoms with Gasteiger partial charge in [-0.1, -0.05) is 22.0 Å². The zero-order chi connectivity index (χ0) is 13.2. The molecule has 1 N–H and O–H groups in total. The first-order valence-electron chi connectivity index (χ1n) is 6.73. The van der Waals surface area contributed by atoms with Gasteiger partial charge in [-0.05, 0) is 18.2 Å². The lowest BCUT2D eigenvalue weighted by Gasteiger charge is -2.43. The lowest BCUT2D eigenvalue weighted by Crippen LogP contribution is -2.62. The Labute approximate surface area is 121 Å². The maximum Gasteiger partial charge on any atom is 0.253 e. The van der Waals surface area contributed by atoms with Crippen LogP contribution in [0.25, 0.3) is 0 Å². The second-order valence-electron chi connectivity index (χ2n) is 5.15. The van der Waals surface area contributed by atoms with E-state index in [1.807, 2.05) is 29.2 Å². The Morgan fingerprint density at radius 2 is 1.95 bits per heavy atom. The lowest BCUT2D eigenvalue weighted by atomic mass is 10.1. The molecule has 0 aliphatic carbocycles. The zero-order valence-corrected chi connectivity index (χ0v) is 12.4. The second kappa shape index (κ2) is 5.61. The van der Waals surface area contributed by atoms with E-state index in [2.05, 4.69) is 26.1 Å². The molecule has 0 atom stereocenters. The first-order valence-corrected chi connectivity index (χ1v) is 7.53. The van der Waals surface area contributed by atoms with Crippen molar-refractivity contribution in [2.45, 2.75) is 6.04 Å². The number of nitrogens with one attached hydrogen (secondary N) is 1. The topological polar surface area (TPSA) is 35.6 Å². The maximum absolute atomic E-state index is 12.4. The van der Waals surface area contributed by atoms with Gasteiger partial charge in [-0.2, -0.15) is 0 Å². The van der Waals surface area contributed by atoms with Crippen LogP contribution in [0.4, 0.5) is 0 Å². The van der Waals surface area contributed by atoms with Gasteiger partial charge in [0.05, 0.1) is 0 Å². The number of halogens is 1. The Morgan fingerprint density at radius 3 is 2.53 bits per heavy atom. The van der Waals surface area contributed by atoms with Gasteiger partial charge >= 0.3 is 0 Å². The SMILES string of the molecule is O=C(c1cccc(Br)c1)N1CCN(C2CNC2)CC1. The average Bonchev–Trinajstić information content (AvgIpc) is 2.37. The molecule has 1 amide bonds. The summed E-state index contributed by atoms with van der Waals surface area (Å²) in [7, 11) is 0. The Kier molecular flexibility index (Phi) is 3.86. The van der Waals surface area contributed by atoms with E-state index in [9.17, 15) is 4.79 Å². The summed E-state index contributed by atoms with van der Waals surface area (Å²) in [5.41, 5.74) is 0.771. The fourth-order valence-corrected chi connectivity index (χ4v) is 3.03. The summed E-state index contributed by atoms with van der Waals surface area (Å²) in [6.45, 7) is 5.85. The Morgan fingerprint density at radius 1 is 1.21 bits per heavy atom. The standard InChI is InChI=1S/C14H18BrN3O/c15-12-3-1-2-11(8-12)14(19)18-6-4-17(5-7-18)13-9-16-10-13/h1-3,8,13,16H,4-7,9-10H2. The van der Waals surface area contributed by atoms with Crippen molar-refractivity contribution in [2.24, 2.45) is 0 Å². The predicted octanol–water partition coefficient (Wildman–Crippen LogP) is 1.18. The fourth-order valence-electron chi connectivity index (χ4n) is 2.63. The third-order valence-electron chi connectivity index (χ3n) is 3.95. The number of benzene rings is 1. The molecule has 5 heteroatoms. The smallest absolute Gasteiger partial charge is 0.253 e. The molecule has 0 saturated carbocycles. The molecule has 0 unspecified atom stereocenters. The number of carbonyl (C=O) groups excluding carboxylic acids is 1. The minimum atomic E-state index is 0.146. The lowest BCUT2D eigenvalue weighted by molar-refractivity contribution is 0.0502. The maximum atomic E-state index is 12.4. The molecule has 2 fully saturated rings. The second-order valence-corrected chi connectivity index (χ2v) is 6.07. The number of carbonyl (C=O) groups is 1. The summed E-state index contributed by atoms with van der Waals surface area (Å²) in [5, 5.41) is 3.30. The Balaban J connectivity index is 1.60. The highest BCUT2D eigenvalue weighted by atomic mass is 79.9. The molecule has 102 valence electrons. The van der Waals surface area contributed by atoms with E-state index >= 15 is 0 Å². The molecule has 19 heavy (non-hydrogen) atoms. The van der Waals surface area contributed by atoms with E-state index in [1.165, 1.54) is 0 Å². The van der Waals surface area contributed by atoms with Gasteiger partial charge in [0.1, 0.15) is 0 Å². The molecule has 1 aromatic carbocycles. The molecule has 2 aliphatic heterocycles. The van der Waals surface area contributed by atoms with Crippen LogP contribution in [0.1, 0.15) is 10.4 Å². The van der Waals surface area contributed by atoms with E-state index in [0.29, 0.717) is 6.04 Å². The Hall–Kier alpha value is -0.910. The van der Waals surface area contributed by atoms with Crippen LogP contribution in [0.15, 0.2) is 28.7 Å². The molecule has 2 aliphatic rings. The summed E-state index contributed by atoms with van der Waals surface area (Å²) >= 11 is 3.41. The van der Waals surface area contributed by atoms with Crippen LogP contribution in [-0.2, 0) is 0 Å². The molecule has 0 radical (unpaired) electrons. The quantitative estimate of drug-likeness (QED) is 0.887. The fraction of sp³-hybridized carbons (Fsp3) is 0.500. The van der Waals surface area contributed by atoms with E-state index in [1.54, 1.807) is 0 Å². The summed E-state index contributed by atoms with van der Waals surface area (Å²) in [6, 6.07) is 8.31. The van der Waals surface area contributed by atoms with Crippen LogP contribution in [0.2, 0.25) is 0 Å². The molecule has 3 rings (SSSR count). The van der Waals surface area contributed by atoms with Crippen molar-refractivity contribution in [3.05, 3.63) is 34.3 Å². The summed E-state index contributed by atoms with van der Waals surface area (Å²) in [6.07, 6.45) is 0. The van der Waals surface area contributed by atoms with Crippen LogP contribution in [0, 0.1) is 0 Å². The van der Waals surface area contributed by atoms with Crippen molar-refractivity contribution in [3.8, 4) is 0 Å². The number of amides is 1. The molecular formula is C14H18BrN3O. The summed E-state index contributed by atoms with van der Waals surface area (Å²) in [4.78, 5) is 16.8. The van der Waals surface area contributed by atoms with Gasteiger partial charge in [0, 0.05) is 55.3 Å². The van der Waals surface area contributed by atoms with Gasteiger partial charge in [-0.3, -0.25) is 9.69 Å². The highest BCUT2D eigenvalue weighted by molar-refractivity contribution is 9.10. The third kappa shape index (κ3) is 2.83. The highest BCUT2D eigenvalue weighted by Crippen LogP contribution is 2.16. The van der Waals surface area contributed by atoms with Crippen molar-refractivity contribution < 1.29 is 4.79 Å². The molecule has 2 saturated heterocycles. The van der Waals surface area contributed by atoms with Crippen molar-refractivity contribution >= 4 is 21.8 Å². The van der Waals surface area contributed by atoms with Crippen LogP contribution in [0.5, 0.6) is 0 Å². The summed E-state index contributed by atoms with van der Waals surface area (Å²) < 4.78 is 0.956. The number of piperazine rings is 1. The molecule has 0 spiro atoms. The molecule has 2 heterocycles. The molecule has 0 aromatic heterocycles. The van der Waals surface area contributed by atoms with Gasteiger partial charge in [0.2, 0.25) is 0 Å². The molecule has 0 bridgehead atoms. The average molecular weight is 324 g/mol. The minimum Gasteiger partial charge on any atom is -0.336 e. The van der Waals surface area contributed by atoms with Crippen LogP contribution >= 0.6 is 15.9 Å². The first kappa shape index (κ1) is 13.1. The van der Waals surface area contributed by atoms with E-state index in [0.717, 1.165) is 49.3 Å². The number of nitrogens with zero attached hydrogens (tertiary/aromatic N) is 2. The number of hydrogen-bond donors (Lipinski definition) is 1. The Bertz CT molecular complexity index is 468. The van der Waals surface area contributed by atoms with Crippen LogP contribution < -0.4 is 5.32 Å². The highest BCUT2D eigenvalue weighted by Gasteiger charge is 2.29. The van der Waals surface area contributed by atoms with Gasteiger partial charge < -0.3 is 10.2 Å². The van der Waals surface area contributed by atoms with Gasteiger partial charge in [-0.25, -0.2) is 0 Å². The van der Waals surface area contributed by atoms with Crippen LogP contribution in [0.3, 0.4) is 0 Å². The van der Waals surface area contributed by atoms with Gasteiger partial charge in [0.15, 0.2) is 0 Å². The van der Waals surface area contributed by atoms with Crippen molar-refractivity contribution in [2.75, 3.05) is 39.3 Å². The van der Waals surface area contributed by atoms with E-state index in [-0.39, 0.29) is 5.91 Å². The minimum absolute atomic E-state index is 0.146. The van der Waals surface area contributed by atoms with E-state index in [4.69, 9.17) is 0 Å². The first-order chi connectivity index (χ1) is 9.24. The predicted molar refractivity (Wildman–Crippen MR) is 78.3 cm³/mol. The largest absolute Gasteiger partial charge is 0.336 e. The normalized spacial score (nSPS) is 21.2. The van der Waals surface area contributed by atoms with Crippen LogP contribution in [-0.4, -0.2) is 61.0 Å². The molecular weight excluding hydrogens is 306 g/mol. The third-order valence-corrected chi connectivity index (χ3v) is 4.44. The van der Waals surface area contributed by atoms with Crippen molar-refractivity contribution in [1.29, 1.82) is 0 Å². The summed E-state index contributed by atoms with van der Waals surface area (Å²) in [5.74, 6) is 0.146. The van der Waals surface area contributed by atoms with E-state index < -0.39 is 0 Å². The number of rotatable bonds is 2. The molecule has 4 nitrogen and oxygen atoms in total. The van der Waals surface area contributed by atoms with Crippen molar-refractivity contribution in [1.82, 2.24) is 15.1 Å². The van der Waals surface area contributed by atoms with Crippen molar-refractivity contribution in [3.63, 3.8) is 0 Å².